The molecule has 116 valence electrons. The summed E-state index contributed by atoms with van der Waals surface area (Å²) in [5.74, 6) is -0.914. The summed E-state index contributed by atoms with van der Waals surface area (Å²) in [6.45, 7) is 5.07. The van der Waals surface area contributed by atoms with E-state index in [2.05, 4.69) is 5.32 Å². The standard InChI is InChI=1S/C16H22F2N2O/c1-11(14-10-13(17)6-7-15(14)18)19-12(2)16(21)20-8-4-3-5-9-20/h6-7,10-12,19H,3-5,8-9H2,1-2H3. The number of piperidine rings is 1. The first kappa shape index (κ1) is 15.9. The monoisotopic (exact) mass is 296 g/mol. The van der Waals surface area contributed by atoms with Gasteiger partial charge >= 0.3 is 0 Å². The number of nitrogens with zero attached hydrogens (tertiary/aromatic N) is 1. The Morgan fingerprint density at radius 2 is 1.86 bits per heavy atom. The van der Waals surface area contributed by atoms with Crippen LogP contribution in [0.25, 0.3) is 0 Å². The highest BCUT2D eigenvalue weighted by Gasteiger charge is 2.24. The van der Waals surface area contributed by atoms with Crippen LogP contribution >= 0.6 is 0 Å². The summed E-state index contributed by atoms with van der Waals surface area (Å²) in [6.07, 6.45) is 3.23. The van der Waals surface area contributed by atoms with E-state index in [-0.39, 0.29) is 11.5 Å². The quantitative estimate of drug-likeness (QED) is 0.926. The maximum atomic E-state index is 13.7. The molecule has 2 unspecified atom stereocenters. The van der Waals surface area contributed by atoms with E-state index in [0.717, 1.165) is 44.5 Å². The summed E-state index contributed by atoms with van der Waals surface area (Å²) in [5, 5.41) is 3.06. The van der Waals surface area contributed by atoms with Gasteiger partial charge in [0.05, 0.1) is 6.04 Å². The Kier molecular flexibility index (Phi) is 5.28. The zero-order valence-corrected chi connectivity index (χ0v) is 12.5. The van der Waals surface area contributed by atoms with Gasteiger partial charge in [-0.05, 0) is 51.3 Å². The van der Waals surface area contributed by atoms with E-state index in [1.54, 1.807) is 13.8 Å². The van der Waals surface area contributed by atoms with Gasteiger partial charge in [0.2, 0.25) is 5.91 Å². The molecule has 0 aromatic heterocycles. The van der Waals surface area contributed by atoms with Gasteiger partial charge < -0.3 is 4.90 Å². The van der Waals surface area contributed by atoms with Crippen molar-refractivity contribution in [2.45, 2.75) is 45.2 Å². The second-order valence-corrected chi connectivity index (χ2v) is 5.66. The number of halogens is 2. The number of amides is 1. The normalized spacial score (nSPS) is 18.4. The number of benzene rings is 1. The summed E-state index contributed by atoms with van der Waals surface area (Å²) in [6, 6.07) is 2.53. The molecule has 0 spiro atoms. The minimum absolute atomic E-state index is 0.0263. The third kappa shape index (κ3) is 4.00. The number of rotatable bonds is 4. The molecule has 1 aliphatic rings. The van der Waals surface area contributed by atoms with Crippen molar-refractivity contribution >= 4 is 5.91 Å². The van der Waals surface area contributed by atoms with Crippen LogP contribution in [0.4, 0.5) is 8.78 Å². The van der Waals surface area contributed by atoms with Crippen molar-refractivity contribution in [3.63, 3.8) is 0 Å². The second-order valence-electron chi connectivity index (χ2n) is 5.66. The molecule has 1 aromatic carbocycles. The molecule has 0 bridgehead atoms. The third-order valence-electron chi connectivity index (χ3n) is 3.96. The van der Waals surface area contributed by atoms with Gasteiger partial charge in [0.15, 0.2) is 0 Å². The van der Waals surface area contributed by atoms with Crippen molar-refractivity contribution < 1.29 is 13.6 Å². The van der Waals surface area contributed by atoms with Gasteiger partial charge in [-0.3, -0.25) is 10.1 Å². The fourth-order valence-corrected chi connectivity index (χ4v) is 2.77. The average Bonchev–Trinajstić information content (AvgIpc) is 2.49. The first-order valence-corrected chi connectivity index (χ1v) is 7.49. The Morgan fingerprint density at radius 1 is 1.19 bits per heavy atom. The van der Waals surface area contributed by atoms with Gasteiger partial charge in [-0.15, -0.1) is 0 Å². The fraction of sp³-hybridized carbons (Fsp3) is 0.562. The third-order valence-corrected chi connectivity index (χ3v) is 3.96. The highest BCUT2D eigenvalue weighted by molar-refractivity contribution is 5.81. The van der Waals surface area contributed by atoms with E-state index in [1.165, 1.54) is 6.07 Å². The van der Waals surface area contributed by atoms with Gasteiger partial charge in [0, 0.05) is 24.7 Å². The van der Waals surface area contributed by atoms with Crippen molar-refractivity contribution in [1.82, 2.24) is 10.2 Å². The Balaban J connectivity index is 1.99. The van der Waals surface area contributed by atoms with Gasteiger partial charge in [0.1, 0.15) is 11.6 Å². The number of carbonyl (C=O) groups is 1. The highest BCUT2D eigenvalue weighted by Crippen LogP contribution is 2.19. The summed E-state index contributed by atoms with van der Waals surface area (Å²) >= 11 is 0. The molecule has 0 radical (unpaired) electrons. The van der Waals surface area contributed by atoms with E-state index in [0.29, 0.717) is 0 Å². The fourth-order valence-electron chi connectivity index (χ4n) is 2.77. The molecular formula is C16H22F2N2O. The number of hydrogen-bond donors (Lipinski definition) is 1. The maximum absolute atomic E-state index is 13.7. The van der Waals surface area contributed by atoms with Crippen LogP contribution < -0.4 is 5.32 Å². The summed E-state index contributed by atoms with van der Waals surface area (Å²) < 4.78 is 26.9. The number of hydrogen-bond acceptors (Lipinski definition) is 2. The zero-order chi connectivity index (χ0) is 15.4. The number of carbonyl (C=O) groups excluding carboxylic acids is 1. The zero-order valence-electron chi connectivity index (χ0n) is 12.5. The molecule has 1 amide bonds. The van der Waals surface area contributed by atoms with Crippen molar-refractivity contribution in [2.75, 3.05) is 13.1 Å². The summed E-state index contributed by atoms with van der Waals surface area (Å²) in [4.78, 5) is 14.2. The lowest BCUT2D eigenvalue weighted by Crippen LogP contribution is -2.47. The van der Waals surface area contributed by atoms with E-state index < -0.39 is 23.7 Å². The second kappa shape index (κ2) is 6.98. The van der Waals surface area contributed by atoms with Crippen LogP contribution in [0, 0.1) is 11.6 Å². The van der Waals surface area contributed by atoms with Crippen LogP contribution in [0.2, 0.25) is 0 Å². The van der Waals surface area contributed by atoms with Gasteiger partial charge in [0.25, 0.3) is 0 Å². The Labute approximate surface area is 124 Å². The smallest absolute Gasteiger partial charge is 0.239 e. The lowest BCUT2D eigenvalue weighted by atomic mass is 10.1. The molecule has 0 saturated carbocycles. The van der Waals surface area contributed by atoms with Crippen molar-refractivity contribution in [3.05, 3.63) is 35.4 Å². The lowest BCUT2D eigenvalue weighted by Gasteiger charge is -2.30. The number of nitrogens with one attached hydrogen (secondary N) is 1. The van der Waals surface area contributed by atoms with Crippen LogP contribution in [0.1, 0.15) is 44.7 Å². The Bertz CT molecular complexity index is 501. The van der Waals surface area contributed by atoms with Crippen LogP contribution in [-0.2, 0) is 4.79 Å². The molecule has 5 heteroatoms. The first-order valence-electron chi connectivity index (χ1n) is 7.49. The topological polar surface area (TPSA) is 32.3 Å². The van der Waals surface area contributed by atoms with Gasteiger partial charge in [-0.2, -0.15) is 0 Å². The van der Waals surface area contributed by atoms with Crippen LogP contribution in [-0.4, -0.2) is 29.9 Å². The van der Waals surface area contributed by atoms with Gasteiger partial charge in [-0.25, -0.2) is 8.78 Å². The van der Waals surface area contributed by atoms with E-state index in [1.807, 2.05) is 4.90 Å². The molecule has 1 aliphatic heterocycles. The molecule has 21 heavy (non-hydrogen) atoms. The molecule has 1 N–H and O–H groups in total. The average molecular weight is 296 g/mol. The van der Waals surface area contributed by atoms with Crippen LogP contribution in [0.15, 0.2) is 18.2 Å². The number of likely N-dealkylation sites (tertiary alicyclic amines) is 1. The Morgan fingerprint density at radius 3 is 2.52 bits per heavy atom. The first-order chi connectivity index (χ1) is 9.99. The molecule has 1 heterocycles. The highest BCUT2D eigenvalue weighted by atomic mass is 19.1. The van der Waals surface area contributed by atoms with E-state index >= 15 is 0 Å². The molecule has 1 saturated heterocycles. The molecule has 3 nitrogen and oxygen atoms in total. The van der Waals surface area contributed by atoms with Gasteiger partial charge in [-0.1, -0.05) is 0 Å². The molecular weight excluding hydrogens is 274 g/mol. The minimum atomic E-state index is -0.477. The van der Waals surface area contributed by atoms with Crippen molar-refractivity contribution in [2.24, 2.45) is 0 Å². The summed E-state index contributed by atoms with van der Waals surface area (Å²) in [5.41, 5.74) is 0.244. The van der Waals surface area contributed by atoms with Crippen molar-refractivity contribution in [3.8, 4) is 0 Å². The lowest BCUT2D eigenvalue weighted by molar-refractivity contribution is -0.134. The summed E-state index contributed by atoms with van der Waals surface area (Å²) in [7, 11) is 0. The van der Waals surface area contributed by atoms with Crippen molar-refractivity contribution in [1.29, 1.82) is 0 Å². The largest absolute Gasteiger partial charge is 0.341 e. The van der Waals surface area contributed by atoms with E-state index in [9.17, 15) is 13.6 Å². The molecule has 1 fully saturated rings. The minimum Gasteiger partial charge on any atom is -0.341 e. The van der Waals surface area contributed by atoms with E-state index in [4.69, 9.17) is 0 Å². The predicted molar refractivity (Wildman–Crippen MR) is 77.8 cm³/mol. The molecule has 0 aliphatic carbocycles. The molecule has 1 aromatic rings. The SMILES string of the molecule is CC(NC(C)c1cc(F)ccc1F)C(=O)N1CCCCC1. The Hall–Kier alpha value is -1.49. The predicted octanol–water partition coefficient (Wildman–Crippen LogP) is 3.02. The van der Waals surface area contributed by atoms with Crippen LogP contribution in [0.3, 0.4) is 0 Å². The maximum Gasteiger partial charge on any atom is 0.239 e. The molecule has 2 rings (SSSR count). The molecule has 2 atom stereocenters. The van der Waals surface area contributed by atoms with Crippen LogP contribution in [0.5, 0.6) is 0 Å².